The zero-order valence-electron chi connectivity index (χ0n) is 12.6. The van der Waals surface area contributed by atoms with Crippen LogP contribution in [-0.2, 0) is 9.59 Å². The van der Waals surface area contributed by atoms with Crippen LogP contribution in [0.2, 0.25) is 5.02 Å². The molecule has 1 atom stereocenters. The molecule has 0 bridgehead atoms. The number of amides is 2. The summed E-state index contributed by atoms with van der Waals surface area (Å²) in [7, 11) is 0. The minimum Gasteiger partial charge on any atom is -0.331 e. The number of hydrogen-bond donors (Lipinski definition) is 1. The largest absolute Gasteiger partial charge is 0.331 e. The van der Waals surface area contributed by atoms with Crippen LogP contribution < -0.4 is 5.32 Å². The van der Waals surface area contributed by atoms with Gasteiger partial charge in [0.25, 0.3) is 0 Å². The number of anilines is 1. The molecule has 2 rings (SSSR count). The fourth-order valence-electron chi connectivity index (χ4n) is 2.67. The van der Waals surface area contributed by atoms with E-state index in [0.29, 0.717) is 19.4 Å². The van der Waals surface area contributed by atoms with Crippen LogP contribution in [0.3, 0.4) is 0 Å². The number of nitrogens with one attached hydrogen (secondary N) is 1. The van der Waals surface area contributed by atoms with E-state index < -0.39 is 11.9 Å². The zero-order valence-corrected chi connectivity index (χ0v) is 13.3. The SMILES string of the molecule is CCCC(=O)N1CCCC[C@@H]1C(=O)Nc1cc(F)ccc1Cl. The second-order valence-electron chi connectivity index (χ2n) is 5.46. The van der Waals surface area contributed by atoms with Gasteiger partial charge in [0, 0.05) is 13.0 Å². The first-order valence-corrected chi connectivity index (χ1v) is 7.96. The van der Waals surface area contributed by atoms with Gasteiger partial charge in [-0.1, -0.05) is 18.5 Å². The number of carbonyl (C=O) groups excluding carboxylic acids is 2. The Kier molecular flexibility index (Phi) is 5.77. The van der Waals surface area contributed by atoms with E-state index in [9.17, 15) is 14.0 Å². The van der Waals surface area contributed by atoms with E-state index in [-0.39, 0.29) is 22.5 Å². The van der Waals surface area contributed by atoms with Gasteiger partial charge in [0.2, 0.25) is 11.8 Å². The first-order valence-electron chi connectivity index (χ1n) is 7.58. The Morgan fingerprint density at radius 2 is 2.18 bits per heavy atom. The van der Waals surface area contributed by atoms with E-state index in [1.165, 1.54) is 18.2 Å². The number of nitrogens with zero attached hydrogens (tertiary/aromatic N) is 1. The number of carbonyl (C=O) groups is 2. The maximum Gasteiger partial charge on any atom is 0.247 e. The molecule has 1 heterocycles. The van der Waals surface area contributed by atoms with Crippen molar-refractivity contribution < 1.29 is 14.0 Å². The van der Waals surface area contributed by atoms with E-state index in [0.717, 1.165) is 19.3 Å². The summed E-state index contributed by atoms with van der Waals surface area (Å²) in [6, 6.07) is 3.30. The van der Waals surface area contributed by atoms with Crippen molar-refractivity contribution in [3.63, 3.8) is 0 Å². The van der Waals surface area contributed by atoms with Crippen molar-refractivity contribution in [2.45, 2.75) is 45.1 Å². The van der Waals surface area contributed by atoms with Crippen molar-refractivity contribution in [3.8, 4) is 0 Å². The van der Waals surface area contributed by atoms with Crippen LogP contribution >= 0.6 is 11.6 Å². The Hall–Kier alpha value is -1.62. The third kappa shape index (κ3) is 3.97. The summed E-state index contributed by atoms with van der Waals surface area (Å²) in [6.07, 6.45) is 3.60. The molecule has 1 saturated heterocycles. The van der Waals surface area contributed by atoms with E-state index >= 15 is 0 Å². The van der Waals surface area contributed by atoms with Crippen LogP contribution in [-0.4, -0.2) is 29.3 Å². The van der Waals surface area contributed by atoms with Crippen molar-refractivity contribution in [2.75, 3.05) is 11.9 Å². The molecule has 1 aliphatic heterocycles. The number of piperidine rings is 1. The monoisotopic (exact) mass is 326 g/mol. The molecule has 1 fully saturated rings. The third-order valence-corrected chi connectivity index (χ3v) is 4.11. The van der Waals surface area contributed by atoms with Gasteiger partial charge < -0.3 is 10.2 Å². The summed E-state index contributed by atoms with van der Waals surface area (Å²) in [5.74, 6) is -0.786. The van der Waals surface area contributed by atoms with Gasteiger partial charge in [0.15, 0.2) is 0 Å². The van der Waals surface area contributed by atoms with Gasteiger partial charge in [-0.05, 0) is 43.9 Å². The molecule has 1 aliphatic rings. The summed E-state index contributed by atoms with van der Waals surface area (Å²) in [5, 5.41) is 2.92. The second-order valence-corrected chi connectivity index (χ2v) is 5.87. The molecule has 6 heteroatoms. The summed E-state index contributed by atoms with van der Waals surface area (Å²) in [6.45, 7) is 2.53. The highest BCUT2D eigenvalue weighted by Gasteiger charge is 2.31. The molecule has 0 saturated carbocycles. The lowest BCUT2D eigenvalue weighted by Gasteiger charge is -2.34. The zero-order chi connectivity index (χ0) is 16.1. The lowest BCUT2D eigenvalue weighted by molar-refractivity contribution is -0.140. The number of hydrogen-bond acceptors (Lipinski definition) is 2. The third-order valence-electron chi connectivity index (χ3n) is 3.78. The van der Waals surface area contributed by atoms with Crippen molar-refractivity contribution in [1.29, 1.82) is 0 Å². The molecule has 1 N–H and O–H groups in total. The quantitative estimate of drug-likeness (QED) is 0.919. The Labute approximate surface area is 134 Å². The maximum absolute atomic E-state index is 13.3. The predicted molar refractivity (Wildman–Crippen MR) is 84.3 cm³/mol. The fourth-order valence-corrected chi connectivity index (χ4v) is 2.83. The van der Waals surface area contributed by atoms with E-state index in [2.05, 4.69) is 5.32 Å². The minimum absolute atomic E-state index is 0.00677. The Balaban J connectivity index is 2.12. The number of halogens is 2. The topological polar surface area (TPSA) is 49.4 Å². The van der Waals surface area contributed by atoms with Crippen LogP contribution in [0.4, 0.5) is 10.1 Å². The number of likely N-dealkylation sites (tertiary alicyclic amines) is 1. The summed E-state index contributed by atoms with van der Waals surface area (Å²) in [5.41, 5.74) is 0.236. The number of benzene rings is 1. The van der Waals surface area contributed by atoms with Crippen LogP contribution in [0.5, 0.6) is 0 Å². The Morgan fingerprint density at radius 3 is 2.91 bits per heavy atom. The van der Waals surface area contributed by atoms with Gasteiger partial charge in [-0.25, -0.2) is 4.39 Å². The van der Waals surface area contributed by atoms with E-state index in [4.69, 9.17) is 11.6 Å². The lowest BCUT2D eigenvalue weighted by atomic mass is 10.0. The highest BCUT2D eigenvalue weighted by Crippen LogP contribution is 2.25. The highest BCUT2D eigenvalue weighted by molar-refractivity contribution is 6.33. The Bertz CT molecular complexity index is 565. The van der Waals surface area contributed by atoms with Gasteiger partial charge in [-0.3, -0.25) is 9.59 Å². The van der Waals surface area contributed by atoms with Crippen LogP contribution in [0.15, 0.2) is 18.2 Å². The molecule has 1 aromatic carbocycles. The van der Waals surface area contributed by atoms with Crippen molar-refractivity contribution in [2.24, 2.45) is 0 Å². The minimum atomic E-state index is -0.507. The first-order chi connectivity index (χ1) is 10.5. The molecular formula is C16H20ClFN2O2. The van der Waals surface area contributed by atoms with E-state index in [1.54, 1.807) is 4.90 Å². The van der Waals surface area contributed by atoms with E-state index in [1.807, 2.05) is 6.92 Å². The maximum atomic E-state index is 13.3. The fraction of sp³-hybridized carbons (Fsp3) is 0.500. The molecule has 0 spiro atoms. The first kappa shape index (κ1) is 16.7. The van der Waals surface area contributed by atoms with Crippen molar-refractivity contribution in [3.05, 3.63) is 29.0 Å². The molecule has 2 amide bonds. The predicted octanol–water partition coefficient (Wildman–Crippen LogP) is 3.60. The normalized spacial score (nSPS) is 18.1. The van der Waals surface area contributed by atoms with Gasteiger partial charge in [0.1, 0.15) is 11.9 Å². The smallest absolute Gasteiger partial charge is 0.247 e. The molecule has 120 valence electrons. The summed E-state index contributed by atoms with van der Waals surface area (Å²) < 4.78 is 13.3. The summed E-state index contributed by atoms with van der Waals surface area (Å²) in [4.78, 5) is 26.2. The highest BCUT2D eigenvalue weighted by atomic mass is 35.5. The lowest BCUT2D eigenvalue weighted by Crippen LogP contribution is -2.49. The van der Waals surface area contributed by atoms with Crippen molar-refractivity contribution >= 4 is 29.1 Å². The average molecular weight is 327 g/mol. The Morgan fingerprint density at radius 1 is 1.41 bits per heavy atom. The summed E-state index contributed by atoms with van der Waals surface area (Å²) >= 11 is 5.97. The molecule has 1 aromatic rings. The molecule has 0 unspecified atom stereocenters. The van der Waals surface area contributed by atoms with Gasteiger partial charge in [-0.2, -0.15) is 0 Å². The standard InChI is InChI=1S/C16H20ClFN2O2/c1-2-5-15(21)20-9-4-3-6-14(20)16(22)19-13-10-11(18)7-8-12(13)17/h7-8,10,14H,2-6,9H2,1H3,(H,19,22)/t14-/m1/s1. The van der Waals surface area contributed by atoms with Crippen LogP contribution in [0.1, 0.15) is 39.0 Å². The molecule has 0 aliphatic carbocycles. The van der Waals surface area contributed by atoms with Gasteiger partial charge >= 0.3 is 0 Å². The average Bonchev–Trinajstić information content (AvgIpc) is 2.51. The van der Waals surface area contributed by atoms with Crippen LogP contribution in [0.25, 0.3) is 0 Å². The van der Waals surface area contributed by atoms with Gasteiger partial charge in [0.05, 0.1) is 10.7 Å². The molecular weight excluding hydrogens is 307 g/mol. The number of rotatable bonds is 4. The van der Waals surface area contributed by atoms with Gasteiger partial charge in [-0.15, -0.1) is 0 Å². The molecule has 22 heavy (non-hydrogen) atoms. The second kappa shape index (κ2) is 7.58. The molecule has 4 nitrogen and oxygen atoms in total. The van der Waals surface area contributed by atoms with Crippen molar-refractivity contribution in [1.82, 2.24) is 4.90 Å². The van der Waals surface area contributed by atoms with Crippen LogP contribution in [0, 0.1) is 5.82 Å². The molecule has 0 radical (unpaired) electrons. The molecule has 0 aromatic heterocycles.